The fourth-order valence-electron chi connectivity index (χ4n) is 2.75. The summed E-state index contributed by atoms with van der Waals surface area (Å²) in [6, 6.07) is 17.3. The Morgan fingerprint density at radius 2 is 1.83 bits per heavy atom. The number of nitrogens with one attached hydrogen (secondary N) is 1. The van der Waals surface area contributed by atoms with Gasteiger partial charge in [-0.2, -0.15) is 0 Å². The van der Waals surface area contributed by atoms with Gasteiger partial charge in [0.15, 0.2) is 0 Å². The van der Waals surface area contributed by atoms with Gasteiger partial charge in [0.1, 0.15) is 17.3 Å². The zero-order chi connectivity index (χ0) is 20.5. The van der Waals surface area contributed by atoms with Crippen LogP contribution >= 0.6 is 0 Å². The summed E-state index contributed by atoms with van der Waals surface area (Å²) in [5.74, 6) is 1.43. The minimum absolute atomic E-state index is 0.140. The highest BCUT2D eigenvalue weighted by atomic mass is 19.1. The van der Waals surface area contributed by atoms with Crippen LogP contribution in [0.25, 0.3) is 0 Å². The highest BCUT2D eigenvalue weighted by Gasteiger charge is 2.07. The number of halogens is 1. The Kier molecular flexibility index (Phi) is 7.16. The molecule has 0 aliphatic heterocycles. The average Bonchev–Trinajstić information content (AvgIpc) is 2.74. The standard InChI is InChI=1S/C23H23FN2O3/c1-2-28-19-8-10-20(11-9-19)29-23-15-17(13-14-25-23)16-26-22(27)12-7-18-5-3-4-6-21(18)24/h3-6,8-11,13-15H,2,7,12,16H2,1H3,(H,26,27). The Balaban J connectivity index is 1.50. The van der Waals surface area contributed by atoms with Gasteiger partial charge in [-0.15, -0.1) is 0 Å². The lowest BCUT2D eigenvalue weighted by atomic mass is 10.1. The van der Waals surface area contributed by atoms with Crippen molar-refractivity contribution in [2.24, 2.45) is 0 Å². The summed E-state index contributed by atoms with van der Waals surface area (Å²) in [4.78, 5) is 16.3. The Hall–Kier alpha value is -3.41. The molecule has 0 bridgehead atoms. The first-order valence-electron chi connectivity index (χ1n) is 9.50. The van der Waals surface area contributed by atoms with Crippen LogP contribution in [0.15, 0.2) is 66.9 Å². The van der Waals surface area contributed by atoms with E-state index in [4.69, 9.17) is 9.47 Å². The van der Waals surface area contributed by atoms with Crippen molar-refractivity contribution in [1.29, 1.82) is 0 Å². The second-order valence-electron chi connectivity index (χ2n) is 6.38. The number of ether oxygens (including phenoxy) is 2. The number of pyridine rings is 1. The molecule has 0 saturated carbocycles. The van der Waals surface area contributed by atoms with E-state index >= 15 is 0 Å². The van der Waals surface area contributed by atoms with Crippen LogP contribution in [0.4, 0.5) is 4.39 Å². The molecule has 3 aromatic rings. The maximum atomic E-state index is 13.6. The Bertz CT molecular complexity index is 945. The molecule has 5 nitrogen and oxygen atoms in total. The molecule has 2 aromatic carbocycles. The topological polar surface area (TPSA) is 60.5 Å². The number of aryl methyl sites for hydroxylation is 1. The van der Waals surface area contributed by atoms with E-state index in [1.807, 2.05) is 37.3 Å². The molecule has 0 unspecified atom stereocenters. The summed E-state index contributed by atoms with van der Waals surface area (Å²) < 4.78 is 24.8. The number of rotatable bonds is 9. The molecule has 1 heterocycles. The van der Waals surface area contributed by atoms with Crippen LogP contribution < -0.4 is 14.8 Å². The van der Waals surface area contributed by atoms with Gasteiger partial charge >= 0.3 is 0 Å². The van der Waals surface area contributed by atoms with Crippen LogP contribution in [0.3, 0.4) is 0 Å². The first kappa shape index (κ1) is 20.3. The summed E-state index contributed by atoms with van der Waals surface area (Å²) in [5, 5.41) is 2.84. The zero-order valence-electron chi connectivity index (χ0n) is 16.2. The number of amides is 1. The van der Waals surface area contributed by atoms with E-state index in [2.05, 4.69) is 10.3 Å². The minimum Gasteiger partial charge on any atom is -0.494 e. The van der Waals surface area contributed by atoms with E-state index in [1.54, 1.807) is 30.5 Å². The molecule has 1 amide bonds. The first-order chi connectivity index (χ1) is 14.1. The van der Waals surface area contributed by atoms with E-state index in [1.165, 1.54) is 6.07 Å². The van der Waals surface area contributed by atoms with E-state index in [9.17, 15) is 9.18 Å². The fourth-order valence-corrected chi connectivity index (χ4v) is 2.75. The third-order valence-corrected chi connectivity index (χ3v) is 4.23. The maximum absolute atomic E-state index is 13.6. The van der Waals surface area contributed by atoms with Gasteiger partial charge in [-0.1, -0.05) is 18.2 Å². The molecule has 29 heavy (non-hydrogen) atoms. The lowest BCUT2D eigenvalue weighted by Gasteiger charge is -2.09. The van der Waals surface area contributed by atoms with Gasteiger partial charge < -0.3 is 14.8 Å². The predicted octanol–water partition coefficient (Wildman–Crippen LogP) is 4.66. The molecule has 1 aromatic heterocycles. The van der Waals surface area contributed by atoms with E-state index in [-0.39, 0.29) is 18.1 Å². The molecule has 6 heteroatoms. The molecule has 0 aliphatic rings. The second kappa shape index (κ2) is 10.2. The molecule has 3 rings (SSSR count). The van der Waals surface area contributed by atoms with Crippen LogP contribution in [-0.2, 0) is 17.8 Å². The summed E-state index contributed by atoms with van der Waals surface area (Å²) >= 11 is 0. The quantitative estimate of drug-likeness (QED) is 0.573. The Morgan fingerprint density at radius 1 is 1.07 bits per heavy atom. The van der Waals surface area contributed by atoms with Crippen LogP contribution in [0.1, 0.15) is 24.5 Å². The molecule has 0 aliphatic carbocycles. The van der Waals surface area contributed by atoms with Gasteiger partial charge in [0.05, 0.1) is 6.61 Å². The minimum atomic E-state index is -0.287. The van der Waals surface area contributed by atoms with Crippen molar-refractivity contribution in [2.75, 3.05) is 6.61 Å². The van der Waals surface area contributed by atoms with E-state index in [0.29, 0.717) is 36.8 Å². The number of hydrogen-bond acceptors (Lipinski definition) is 4. The number of hydrogen-bond donors (Lipinski definition) is 1. The van der Waals surface area contributed by atoms with Crippen molar-refractivity contribution in [3.05, 3.63) is 83.8 Å². The zero-order valence-corrected chi connectivity index (χ0v) is 16.2. The van der Waals surface area contributed by atoms with Crippen molar-refractivity contribution in [2.45, 2.75) is 26.3 Å². The van der Waals surface area contributed by atoms with Crippen molar-refractivity contribution < 1.29 is 18.7 Å². The molecule has 0 spiro atoms. The third-order valence-electron chi connectivity index (χ3n) is 4.23. The summed E-state index contributed by atoms with van der Waals surface area (Å²) in [6.45, 7) is 2.88. The second-order valence-corrected chi connectivity index (χ2v) is 6.38. The molecule has 0 atom stereocenters. The molecular formula is C23H23FN2O3. The monoisotopic (exact) mass is 394 g/mol. The molecule has 0 radical (unpaired) electrons. The molecular weight excluding hydrogens is 371 g/mol. The van der Waals surface area contributed by atoms with Gasteiger partial charge in [-0.25, -0.2) is 9.37 Å². The van der Waals surface area contributed by atoms with Crippen molar-refractivity contribution in [1.82, 2.24) is 10.3 Å². The summed E-state index contributed by atoms with van der Waals surface area (Å²) in [7, 11) is 0. The number of benzene rings is 2. The Labute approximate surface area is 169 Å². The van der Waals surface area contributed by atoms with E-state index < -0.39 is 0 Å². The fraction of sp³-hybridized carbons (Fsp3) is 0.217. The first-order valence-corrected chi connectivity index (χ1v) is 9.50. The summed E-state index contributed by atoms with van der Waals surface area (Å²) in [5.41, 5.74) is 1.40. The molecule has 150 valence electrons. The molecule has 1 N–H and O–H groups in total. The van der Waals surface area contributed by atoms with Gasteiger partial charge in [-0.05, 0) is 60.9 Å². The van der Waals surface area contributed by atoms with Gasteiger partial charge in [-0.3, -0.25) is 4.79 Å². The lowest BCUT2D eigenvalue weighted by Crippen LogP contribution is -2.23. The van der Waals surface area contributed by atoms with Gasteiger partial charge in [0.2, 0.25) is 11.8 Å². The third kappa shape index (κ3) is 6.31. The largest absolute Gasteiger partial charge is 0.494 e. The summed E-state index contributed by atoms with van der Waals surface area (Å²) in [6.07, 6.45) is 2.22. The van der Waals surface area contributed by atoms with Crippen molar-refractivity contribution in [3.63, 3.8) is 0 Å². The predicted molar refractivity (Wildman–Crippen MR) is 108 cm³/mol. The number of carbonyl (C=O) groups is 1. The van der Waals surface area contributed by atoms with Crippen LogP contribution in [0, 0.1) is 5.82 Å². The maximum Gasteiger partial charge on any atom is 0.220 e. The van der Waals surface area contributed by atoms with Crippen LogP contribution in [-0.4, -0.2) is 17.5 Å². The van der Waals surface area contributed by atoms with Crippen molar-refractivity contribution >= 4 is 5.91 Å². The normalized spacial score (nSPS) is 10.4. The van der Waals surface area contributed by atoms with Crippen molar-refractivity contribution in [3.8, 4) is 17.4 Å². The smallest absolute Gasteiger partial charge is 0.220 e. The lowest BCUT2D eigenvalue weighted by molar-refractivity contribution is -0.121. The van der Waals surface area contributed by atoms with E-state index in [0.717, 1.165) is 11.3 Å². The highest BCUT2D eigenvalue weighted by Crippen LogP contribution is 2.23. The van der Waals surface area contributed by atoms with Gasteiger partial charge in [0.25, 0.3) is 0 Å². The SMILES string of the molecule is CCOc1ccc(Oc2cc(CNC(=O)CCc3ccccc3F)ccn2)cc1. The highest BCUT2D eigenvalue weighted by molar-refractivity contribution is 5.76. The molecule has 0 saturated heterocycles. The van der Waals surface area contributed by atoms with Crippen LogP contribution in [0.2, 0.25) is 0 Å². The average molecular weight is 394 g/mol. The van der Waals surface area contributed by atoms with Crippen LogP contribution in [0.5, 0.6) is 17.4 Å². The number of nitrogens with zero attached hydrogens (tertiary/aromatic N) is 1. The number of aromatic nitrogens is 1. The number of carbonyl (C=O) groups excluding carboxylic acids is 1. The Morgan fingerprint density at radius 3 is 2.59 bits per heavy atom. The molecule has 0 fully saturated rings. The van der Waals surface area contributed by atoms with Gasteiger partial charge in [0, 0.05) is 25.2 Å².